The van der Waals surface area contributed by atoms with Crippen LogP contribution in [-0.4, -0.2) is 35.0 Å². The van der Waals surface area contributed by atoms with Crippen molar-refractivity contribution in [3.63, 3.8) is 0 Å². The Morgan fingerprint density at radius 1 is 0.969 bits per heavy atom. The van der Waals surface area contributed by atoms with Crippen molar-refractivity contribution in [3.05, 3.63) is 83.9 Å². The van der Waals surface area contributed by atoms with E-state index >= 15 is 0 Å². The number of carbonyl (C=O) groups excluding carboxylic acids is 1. The molecule has 168 valence electrons. The Bertz CT molecular complexity index is 1160. The molecule has 3 aromatic rings. The maximum Gasteiger partial charge on any atom is 0.261 e. The van der Waals surface area contributed by atoms with Gasteiger partial charge in [-0.1, -0.05) is 18.2 Å². The number of rotatable bonds is 9. The van der Waals surface area contributed by atoms with E-state index in [0.717, 1.165) is 11.3 Å². The molecular weight excluding hydrogens is 426 g/mol. The lowest BCUT2D eigenvalue weighted by atomic mass is 10.1. The standard InChI is InChI=1S/C24H27N3O4S/c1-4-31-22-12-14-23(15-13-22)32(29,30)26-20-7-5-6-19(16-20)24(28)25-17-18-8-10-21(11-9-18)27(2)3/h5-16,26H,4,17H2,1-3H3,(H,25,28). The molecular formula is C24H27N3O4S. The number of nitrogens with zero attached hydrogens (tertiary/aromatic N) is 1. The average Bonchev–Trinajstić information content (AvgIpc) is 2.78. The first-order valence-electron chi connectivity index (χ1n) is 10.2. The molecule has 7 nitrogen and oxygen atoms in total. The van der Waals surface area contributed by atoms with Gasteiger partial charge < -0.3 is 15.0 Å². The van der Waals surface area contributed by atoms with Gasteiger partial charge in [0.25, 0.3) is 15.9 Å². The van der Waals surface area contributed by atoms with E-state index in [4.69, 9.17) is 4.74 Å². The first kappa shape index (κ1) is 23.1. The summed E-state index contributed by atoms with van der Waals surface area (Å²) in [6, 6.07) is 20.4. The summed E-state index contributed by atoms with van der Waals surface area (Å²) in [4.78, 5) is 14.7. The zero-order valence-corrected chi connectivity index (χ0v) is 19.1. The van der Waals surface area contributed by atoms with Crippen LogP contribution in [-0.2, 0) is 16.6 Å². The fourth-order valence-electron chi connectivity index (χ4n) is 3.02. The van der Waals surface area contributed by atoms with Gasteiger partial charge in [-0.15, -0.1) is 0 Å². The van der Waals surface area contributed by atoms with E-state index in [1.807, 2.05) is 50.2 Å². The van der Waals surface area contributed by atoms with E-state index in [9.17, 15) is 13.2 Å². The van der Waals surface area contributed by atoms with Crippen LogP contribution in [0.15, 0.2) is 77.7 Å². The zero-order valence-electron chi connectivity index (χ0n) is 18.3. The molecule has 3 rings (SSSR count). The summed E-state index contributed by atoms with van der Waals surface area (Å²) in [5, 5.41) is 2.86. The van der Waals surface area contributed by atoms with Crippen LogP contribution in [0.1, 0.15) is 22.8 Å². The lowest BCUT2D eigenvalue weighted by Crippen LogP contribution is -2.23. The van der Waals surface area contributed by atoms with Crippen LogP contribution in [0.5, 0.6) is 5.75 Å². The van der Waals surface area contributed by atoms with E-state index in [-0.39, 0.29) is 10.8 Å². The summed E-state index contributed by atoms with van der Waals surface area (Å²) in [5.74, 6) is 0.310. The Morgan fingerprint density at radius 2 is 1.66 bits per heavy atom. The summed E-state index contributed by atoms with van der Waals surface area (Å²) in [6.07, 6.45) is 0. The molecule has 32 heavy (non-hydrogen) atoms. The van der Waals surface area contributed by atoms with Crippen molar-refractivity contribution < 1.29 is 17.9 Å². The Kier molecular flexibility index (Phi) is 7.37. The van der Waals surface area contributed by atoms with Gasteiger partial charge in [-0.3, -0.25) is 9.52 Å². The van der Waals surface area contributed by atoms with Gasteiger partial charge in [-0.2, -0.15) is 0 Å². The molecule has 2 N–H and O–H groups in total. The number of amides is 1. The van der Waals surface area contributed by atoms with Gasteiger partial charge in [0.1, 0.15) is 5.75 Å². The first-order chi connectivity index (χ1) is 15.3. The predicted molar refractivity (Wildman–Crippen MR) is 127 cm³/mol. The molecule has 0 aliphatic rings. The molecule has 3 aromatic carbocycles. The van der Waals surface area contributed by atoms with Crippen LogP contribution in [0.3, 0.4) is 0 Å². The van der Waals surface area contributed by atoms with Crippen LogP contribution in [0, 0.1) is 0 Å². The van der Waals surface area contributed by atoms with Crippen molar-refractivity contribution in [2.75, 3.05) is 30.3 Å². The topological polar surface area (TPSA) is 87.7 Å². The van der Waals surface area contributed by atoms with E-state index in [1.54, 1.807) is 30.3 Å². The highest BCUT2D eigenvalue weighted by Crippen LogP contribution is 2.20. The molecule has 0 bridgehead atoms. The number of nitrogens with one attached hydrogen (secondary N) is 2. The van der Waals surface area contributed by atoms with Gasteiger partial charge in [-0.25, -0.2) is 8.42 Å². The van der Waals surface area contributed by atoms with Crippen molar-refractivity contribution in [3.8, 4) is 5.75 Å². The van der Waals surface area contributed by atoms with Gasteiger partial charge >= 0.3 is 0 Å². The second-order valence-electron chi connectivity index (χ2n) is 7.33. The Labute approximate surface area is 189 Å². The minimum atomic E-state index is -3.80. The minimum Gasteiger partial charge on any atom is -0.494 e. The second kappa shape index (κ2) is 10.2. The number of benzene rings is 3. The van der Waals surface area contributed by atoms with Gasteiger partial charge in [0.2, 0.25) is 0 Å². The molecule has 0 aliphatic carbocycles. The average molecular weight is 454 g/mol. The van der Waals surface area contributed by atoms with Crippen LogP contribution in [0.25, 0.3) is 0 Å². The first-order valence-corrected chi connectivity index (χ1v) is 11.7. The molecule has 0 atom stereocenters. The molecule has 8 heteroatoms. The van der Waals surface area contributed by atoms with Crippen molar-refractivity contribution in [1.29, 1.82) is 0 Å². The van der Waals surface area contributed by atoms with Gasteiger partial charge in [0, 0.05) is 37.6 Å². The normalized spacial score (nSPS) is 11.0. The number of sulfonamides is 1. The number of hydrogen-bond donors (Lipinski definition) is 2. The smallest absolute Gasteiger partial charge is 0.261 e. The van der Waals surface area contributed by atoms with Gasteiger partial charge in [0.15, 0.2) is 0 Å². The largest absolute Gasteiger partial charge is 0.494 e. The molecule has 1 amide bonds. The zero-order chi connectivity index (χ0) is 23.1. The van der Waals surface area contributed by atoms with E-state index in [2.05, 4.69) is 10.0 Å². The minimum absolute atomic E-state index is 0.108. The van der Waals surface area contributed by atoms with Crippen molar-refractivity contribution >= 4 is 27.3 Å². The third-order valence-electron chi connectivity index (χ3n) is 4.73. The molecule has 0 saturated carbocycles. The van der Waals surface area contributed by atoms with Crippen molar-refractivity contribution in [1.82, 2.24) is 5.32 Å². The molecule has 0 aromatic heterocycles. The predicted octanol–water partition coefficient (Wildman–Crippen LogP) is 3.88. The monoisotopic (exact) mass is 453 g/mol. The summed E-state index contributed by atoms with van der Waals surface area (Å²) < 4.78 is 33.2. The van der Waals surface area contributed by atoms with E-state index < -0.39 is 10.0 Å². The molecule has 0 fully saturated rings. The van der Waals surface area contributed by atoms with Crippen molar-refractivity contribution in [2.24, 2.45) is 0 Å². The maximum absolute atomic E-state index is 12.7. The quantitative estimate of drug-likeness (QED) is 0.513. The Balaban J connectivity index is 1.65. The number of hydrogen-bond acceptors (Lipinski definition) is 5. The van der Waals surface area contributed by atoms with Crippen LogP contribution < -0.4 is 19.7 Å². The molecule has 0 aliphatic heterocycles. The van der Waals surface area contributed by atoms with Gasteiger partial charge in [0.05, 0.1) is 11.5 Å². The highest BCUT2D eigenvalue weighted by atomic mass is 32.2. The number of anilines is 2. The Hall–Kier alpha value is -3.52. The summed E-state index contributed by atoms with van der Waals surface area (Å²) >= 11 is 0. The third-order valence-corrected chi connectivity index (χ3v) is 6.13. The number of carbonyl (C=O) groups is 1. The second-order valence-corrected chi connectivity index (χ2v) is 9.02. The van der Waals surface area contributed by atoms with Crippen LogP contribution in [0.4, 0.5) is 11.4 Å². The highest BCUT2D eigenvalue weighted by molar-refractivity contribution is 7.92. The summed E-state index contributed by atoms with van der Waals surface area (Å²) in [6.45, 7) is 2.73. The van der Waals surface area contributed by atoms with E-state index in [0.29, 0.717) is 30.2 Å². The van der Waals surface area contributed by atoms with E-state index in [1.165, 1.54) is 18.2 Å². The summed E-state index contributed by atoms with van der Waals surface area (Å²) in [5.41, 5.74) is 2.72. The fraction of sp³-hybridized carbons (Fsp3) is 0.208. The maximum atomic E-state index is 12.7. The molecule has 0 spiro atoms. The molecule has 0 radical (unpaired) electrons. The lowest BCUT2D eigenvalue weighted by Gasteiger charge is -2.13. The highest BCUT2D eigenvalue weighted by Gasteiger charge is 2.15. The van der Waals surface area contributed by atoms with Crippen LogP contribution in [0.2, 0.25) is 0 Å². The summed E-state index contributed by atoms with van der Waals surface area (Å²) in [7, 11) is 0.137. The van der Waals surface area contributed by atoms with Gasteiger partial charge in [-0.05, 0) is 67.1 Å². The molecule has 0 unspecified atom stereocenters. The molecule has 0 heterocycles. The SMILES string of the molecule is CCOc1ccc(S(=O)(=O)Nc2cccc(C(=O)NCc3ccc(N(C)C)cc3)c2)cc1. The third kappa shape index (κ3) is 6.01. The lowest BCUT2D eigenvalue weighted by molar-refractivity contribution is 0.0951. The van der Waals surface area contributed by atoms with Crippen LogP contribution >= 0.6 is 0 Å². The fourth-order valence-corrected chi connectivity index (χ4v) is 4.07. The van der Waals surface area contributed by atoms with Crippen molar-refractivity contribution in [2.45, 2.75) is 18.4 Å². The Morgan fingerprint density at radius 3 is 2.28 bits per heavy atom. The molecule has 0 saturated heterocycles. The number of ether oxygens (including phenoxy) is 1.